The third kappa shape index (κ3) is 3.96. The van der Waals surface area contributed by atoms with Gasteiger partial charge in [-0.05, 0) is 42.7 Å². The molecule has 2 heterocycles. The number of carbonyl (C=O) groups is 1. The minimum atomic E-state index is -0.439. The fourth-order valence-corrected chi connectivity index (χ4v) is 3.99. The van der Waals surface area contributed by atoms with Crippen molar-refractivity contribution in [2.75, 3.05) is 20.2 Å². The van der Waals surface area contributed by atoms with Gasteiger partial charge < -0.3 is 9.64 Å². The fourth-order valence-electron chi connectivity index (χ4n) is 3.69. The third-order valence-corrected chi connectivity index (χ3v) is 5.53. The van der Waals surface area contributed by atoms with Crippen LogP contribution in [0, 0.1) is 0 Å². The van der Waals surface area contributed by atoms with E-state index in [-0.39, 0.29) is 23.3 Å². The number of benzene rings is 2. The lowest BCUT2D eigenvalue weighted by atomic mass is 10.1. The number of methoxy groups -OCH3 is 1. The molecule has 0 N–H and O–H groups in total. The second-order valence-electron chi connectivity index (χ2n) is 7.20. The van der Waals surface area contributed by atoms with Crippen LogP contribution in [0.25, 0.3) is 11.3 Å². The Hall–Kier alpha value is -3.12. The lowest BCUT2D eigenvalue weighted by Crippen LogP contribution is -2.37. The summed E-state index contributed by atoms with van der Waals surface area (Å²) in [6.45, 7) is 1.55. The number of hydrogen-bond donors (Lipinski definition) is 0. The molecule has 1 saturated heterocycles. The number of carbonyl (C=O) groups excluding carboxylic acids is 1. The van der Waals surface area contributed by atoms with Gasteiger partial charge in [0.15, 0.2) is 10.8 Å². The zero-order valence-electron chi connectivity index (χ0n) is 16.7. The van der Waals surface area contributed by atoms with Gasteiger partial charge in [0, 0.05) is 18.7 Å². The van der Waals surface area contributed by atoms with Crippen molar-refractivity contribution >= 4 is 17.5 Å². The van der Waals surface area contributed by atoms with Crippen molar-refractivity contribution in [2.45, 2.75) is 19.4 Å². The normalized spacial score (nSPS) is 13.5. The molecule has 154 valence electrons. The van der Waals surface area contributed by atoms with Crippen LogP contribution in [-0.2, 0) is 6.54 Å². The number of halogens is 1. The third-order valence-electron chi connectivity index (χ3n) is 5.27. The van der Waals surface area contributed by atoms with Crippen LogP contribution in [-0.4, -0.2) is 40.6 Å². The quantitative estimate of drug-likeness (QED) is 0.625. The van der Waals surface area contributed by atoms with Gasteiger partial charge in [-0.1, -0.05) is 41.9 Å². The van der Waals surface area contributed by atoms with E-state index in [2.05, 4.69) is 4.98 Å². The molecule has 7 heteroatoms. The average molecular weight is 424 g/mol. The Balaban J connectivity index is 1.86. The van der Waals surface area contributed by atoms with Crippen LogP contribution in [0.3, 0.4) is 0 Å². The molecule has 1 fully saturated rings. The van der Waals surface area contributed by atoms with E-state index >= 15 is 0 Å². The van der Waals surface area contributed by atoms with Crippen molar-refractivity contribution < 1.29 is 9.53 Å². The number of hydrogen-bond acceptors (Lipinski definition) is 4. The summed E-state index contributed by atoms with van der Waals surface area (Å²) >= 11 is 6.56. The van der Waals surface area contributed by atoms with Gasteiger partial charge in [0.25, 0.3) is 11.5 Å². The Morgan fingerprint density at radius 3 is 2.37 bits per heavy atom. The van der Waals surface area contributed by atoms with Gasteiger partial charge in [-0.15, -0.1) is 0 Å². The molecule has 3 aromatic rings. The maximum absolute atomic E-state index is 13.4. The number of aromatic nitrogens is 2. The molecule has 1 aliphatic rings. The molecular weight excluding hydrogens is 402 g/mol. The summed E-state index contributed by atoms with van der Waals surface area (Å²) in [6, 6.07) is 16.8. The van der Waals surface area contributed by atoms with Crippen molar-refractivity contribution in [2.24, 2.45) is 0 Å². The standard InChI is InChI=1S/C23H22ClN3O3/c1-30-18-11-9-17(10-12-18)20-21(24)25-19(22(28)26-13-5-6-14-26)23(29)27(20)15-16-7-3-2-4-8-16/h2-4,7-12H,5-6,13-15H2,1H3. The maximum atomic E-state index is 13.4. The van der Waals surface area contributed by atoms with Gasteiger partial charge in [0.1, 0.15) is 5.75 Å². The SMILES string of the molecule is COc1ccc(-c2c(Cl)nc(C(=O)N3CCCC3)c(=O)n2Cc2ccccc2)cc1. The largest absolute Gasteiger partial charge is 0.497 e. The number of ether oxygens (including phenoxy) is 1. The highest BCUT2D eigenvalue weighted by molar-refractivity contribution is 6.32. The summed E-state index contributed by atoms with van der Waals surface area (Å²) in [5, 5.41) is 0.123. The topological polar surface area (TPSA) is 64.4 Å². The Morgan fingerprint density at radius 2 is 1.73 bits per heavy atom. The number of likely N-dealkylation sites (tertiary alicyclic amines) is 1. The van der Waals surface area contributed by atoms with E-state index < -0.39 is 5.56 Å². The fraction of sp³-hybridized carbons (Fsp3) is 0.261. The van der Waals surface area contributed by atoms with Crippen LogP contribution in [0.4, 0.5) is 0 Å². The number of nitrogens with zero attached hydrogens (tertiary/aromatic N) is 3. The molecule has 0 bridgehead atoms. The maximum Gasteiger partial charge on any atom is 0.283 e. The van der Waals surface area contributed by atoms with Gasteiger partial charge in [0.05, 0.1) is 19.3 Å². The molecule has 2 aromatic carbocycles. The number of rotatable bonds is 5. The summed E-state index contributed by atoms with van der Waals surface area (Å²) in [5.41, 5.74) is 1.56. The molecule has 0 unspecified atom stereocenters. The van der Waals surface area contributed by atoms with E-state index in [9.17, 15) is 9.59 Å². The molecule has 30 heavy (non-hydrogen) atoms. The average Bonchev–Trinajstić information content (AvgIpc) is 3.32. The van der Waals surface area contributed by atoms with E-state index in [4.69, 9.17) is 16.3 Å². The Bertz CT molecular complexity index is 1110. The van der Waals surface area contributed by atoms with Gasteiger partial charge in [-0.2, -0.15) is 0 Å². The predicted octanol–water partition coefficient (Wildman–Crippen LogP) is 3.86. The summed E-state index contributed by atoms with van der Waals surface area (Å²) < 4.78 is 6.76. The van der Waals surface area contributed by atoms with Crippen LogP contribution in [0.5, 0.6) is 5.75 Å². The lowest BCUT2D eigenvalue weighted by Gasteiger charge is -2.19. The molecular formula is C23H22ClN3O3. The summed E-state index contributed by atoms with van der Waals surface area (Å²) in [7, 11) is 1.59. The highest BCUT2D eigenvalue weighted by Crippen LogP contribution is 2.28. The summed E-state index contributed by atoms with van der Waals surface area (Å²) in [6.07, 6.45) is 1.86. The van der Waals surface area contributed by atoms with Crippen LogP contribution >= 0.6 is 11.6 Å². The second kappa shape index (κ2) is 8.71. The van der Waals surface area contributed by atoms with Crippen molar-refractivity contribution in [3.63, 3.8) is 0 Å². The smallest absolute Gasteiger partial charge is 0.283 e. The van der Waals surface area contributed by atoms with Gasteiger partial charge in [-0.3, -0.25) is 14.2 Å². The Kier molecular flexibility index (Phi) is 5.86. The first-order chi connectivity index (χ1) is 14.6. The highest BCUT2D eigenvalue weighted by atomic mass is 35.5. The molecule has 6 nitrogen and oxygen atoms in total. The van der Waals surface area contributed by atoms with Crippen LogP contribution in [0.2, 0.25) is 5.15 Å². The summed E-state index contributed by atoms with van der Waals surface area (Å²) in [5.74, 6) is 0.336. The van der Waals surface area contributed by atoms with E-state index in [0.717, 1.165) is 24.0 Å². The molecule has 0 radical (unpaired) electrons. The van der Waals surface area contributed by atoms with E-state index in [0.29, 0.717) is 24.5 Å². The van der Waals surface area contributed by atoms with Crippen molar-refractivity contribution in [3.8, 4) is 17.0 Å². The molecule has 0 atom stereocenters. The highest BCUT2D eigenvalue weighted by Gasteiger charge is 2.27. The first-order valence-corrected chi connectivity index (χ1v) is 10.2. The first kappa shape index (κ1) is 20.2. The van der Waals surface area contributed by atoms with Crippen molar-refractivity contribution in [1.29, 1.82) is 0 Å². The first-order valence-electron chi connectivity index (χ1n) is 9.86. The van der Waals surface area contributed by atoms with Gasteiger partial charge in [0.2, 0.25) is 0 Å². The molecule has 1 amide bonds. The van der Waals surface area contributed by atoms with E-state index in [1.807, 2.05) is 42.5 Å². The van der Waals surface area contributed by atoms with Gasteiger partial charge >= 0.3 is 0 Å². The Labute approximate surface area is 179 Å². The molecule has 0 spiro atoms. The monoisotopic (exact) mass is 423 g/mol. The molecule has 1 aliphatic heterocycles. The zero-order valence-corrected chi connectivity index (χ0v) is 17.4. The molecule has 4 rings (SSSR count). The van der Waals surface area contributed by atoms with Crippen molar-refractivity contribution in [3.05, 3.63) is 81.4 Å². The minimum absolute atomic E-state index is 0.123. The summed E-state index contributed by atoms with van der Waals surface area (Å²) in [4.78, 5) is 32.3. The van der Waals surface area contributed by atoms with Crippen LogP contribution in [0.15, 0.2) is 59.4 Å². The van der Waals surface area contributed by atoms with Crippen LogP contribution < -0.4 is 10.3 Å². The van der Waals surface area contributed by atoms with Crippen molar-refractivity contribution in [1.82, 2.24) is 14.5 Å². The second-order valence-corrected chi connectivity index (χ2v) is 7.56. The molecule has 0 aliphatic carbocycles. The lowest BCUT2D eigenvalue weighted by molar-refractivity contribution is 0.0784. The van der Waals surface area contributed by atoms with E-state index in [1.165, 1.54) is 4.57 Å². The minimum Gasteiger partial charge on any atom is -0.497 e. The predicted molar refractivity (Wildman–Crippen MR) is 116 cm³/mol. The molecule has 1 aromatic heterocycles. The van der Waals surface area contributed by atoms with Crippen LogP contribution in [0.1, 0.15) is 28.9 Å². The van der Waals surface area contributed by atoms with Gasteiger partial charge in [-0.25, -0.2) is 4.98 Å². The number of amides is 1. The molecule has 0 saturated carbocycles. The van der Waals surface area contributed by atoms with E-state index in [1.54, 1.807) is 24.1 Å². The Morgan fingerprint density at radius 1 is 1.07 bits per heavy atom. The zero-order chi connectivity index (χ0) is 21.1.